The van der Waals surface area contributed by atoms with E-state index in [0.717, 1.165) is 69.7 Å². The van der Waals surface area contributed by atoms with Gasteiger partial charge in [0, 0.05) is 56.0 Å². The molecule has 0 amide bonds. The summed E-state index contributed by atoms with van der Waals surface area (Å²) in [6.07, 6.45) is -0.574. The molecule has 200 valence electrons. The highest BCUT2D eigenvalue weighted by Crippen LogP contribution is 2.32. The van der Waals surface area contributed by atoms with E-state index in [1.165, 1.54) is 0 Å². The van der Waals surface area contributed by atoms with Gasteiger partial charge in [-0.3, -0.25) is 9.80 Å². The van der Waals surface area contributed by atoms with Gasteiger partial charge in [-0.15, -0.1) is 11.3 Å². The van der Waals surface area contributed by atoms with Crippen molar-refractivity contribution in [1.82, 2.24) is 19.9 Å². The van der Waals surface area contributed by atoms with Gasteiger partial charge in [0.2, 0.25) is 0 Å². The first kappa shape index (κ1) is 26.0. The molecule has 1 unspecified atom stereocenters. The predicted octanol–water partition coefficient (Wildman–Crippen LogP) is 5.83. The predicted molar refractivity (Wildman–Crippen MR) is 155 cm³/mol. The summed E-state index contributed by atoms with van der Waals surface area (Å²) in [6, 6.07) is 25.7. The molecular weight excluding hydrogens is 532 g/mol. The van der Waals surface area contributed by atoms with Crippen LogP contribution in [0, 0.1) is 0 Å². The fraction of sp³-hybridized carbons (Fsp3) is 0.267. The van der Waals surface area contributed by atoms with E-state index >= 15 is 0 Å². The zero-order valence-corrected chi connectivity index (χ0v) is 22.9. The molecule has 7 nitrogen and oxygen atoms in total. The summed E-state index contributed by atoms with van der Waals surface area (Å²) in [7, 11) is 0. The van der Waals surface area contributed by atoms with Gasteiger partial charge in [-0.05, 0) is 18.2 Å². The summed E-state index contributed by atoms with van der Waals surface area (Å²) >= 11 is 7.96. The van der Waals surface area contributed by atoms with Crippen LogP contribution in [-0.2, 0) is 6.54 Å². The van der Waals surface area contributed by atoms with Crippen LogP contribution in [0.3, 0.4) is 0 Å². The van der Waals surface area contributed by atoms with Crippen molar-refractivity contribution in [3.8, 4) is 27.6 Å². The minimum atomic E-state index is -0.574. The zero-order chi connectivity index (χ0) is 26.6. The second-order valence-electron chi connectivity index (χ2n) is 9.71. The number of benzene rings is 3. The van der Waals surface area contributed by atoms with E-state index in [2.05, 4.69) is 27.1 Å². The summed E-state index contributed by atoms with van der Waals surface area (Å²) in [5, 5.41) is 16.5. The fourth-order valence-electron chi connectivity index (χ4n) is 4.78. The minimum absolute atomic E-state index is 0.240. The Balaban J connectivity index is 0.962. The van der Waals surface area contributed by atoms with Crippen LogP contribution in [0.25, 0.3) is 32.0 Å². The largest absolute Gasteiger partial charge is 0.491 e. The number of β-amino-alcohol motifs (C(OH)–C–C–N with tert-alkyl or cyclic N) is 1. The number of aliphatic hydroxyl groups excluding tert-OH is 1. The molecule has 1 aliphatic rings. The summed E-state index contributed by atoms with van der Waals surface area (Å²) in [6.45, 7) is 5.03. The Morgan fingerprint density at radius 2 is 1.72 bits per heavy atom. The Kier molecular flexibility index (Phi) is 7.90. The lowest BCUT2D eigenvalue weighted by molar-refractivity contribution is 0.0430. The maximum atomic E-state index is 10.6. The Labute approximate surface area is 236 Å². The number of hydrogen-bond acceptors (Lipinski definition) is 8. The Morgan fingerprint density at radius 3 is 2.54 bits per heavy atom. The van der Waals surface area contributed by atoms with Crippen molar-refractivity contribution in [1.29, 1.82) is 0 Å². The number of hydrogen-bond donors (Lipinski definition) is 1. The minimum Gasteiger partial charge on any atom is -0.491 e. The monoisotopic (exact) mass is 560 g/mol. The number of aliphatic hydroxyl groups is 1. The maximum absolute atomic E-state index is 10.6. The van der Waals surface area contributed by atoms with Gasteiger partial charge in [-0.1, -0.05) is 65.3 Å². The number of rotatable bonds is 9. The molecule has 9 heteroatoms. The smallest absolute Gasteiger partial charge is 0.151 e. The first-order valence-corrected chi connectivity index (χ1v) is 14.2. The van der Waals surface area contributed by atoms with Crippen molar-refractivity contribution >= 4 is 33.2 Å². The topological polar surface area (TPSA) is 74.9 Å². The van der Waals surface area contributed by atoms with Crippen LogP contribution in [-0.4, -0.2) is 70.5 Å². The van der Waals surface area contributed by atoms with Crippen LogP contribution in [0.5, 0.6) is 5.75 Å². The van der Waals surface area contributed by atoms with Crippen molar-refractivity contribution in [2.24, 2.45) is 0 Å². The molecule has 0 aliphatic carbocycles. The molecule has 2 aromatic heterocycles. The summed E-state index contributed by atoms with van der Waals surface area (Å²) < 4.78 is 12.6. The Hall–Kier alpha value is -3.27. The Bertz CT molecular complexity index is 1530. The number of fused-ring (bicyclic) bond motifs is 1. The number of nitrogens with zero attached hydrogens (tertiary/aromatic N) is 4. The van der Waals surface area contributed by atoms with E-state index in [9.17, 15) is 5.11 Å². The summed E-state index contributed by atoms with van der Waals surface area (Å²) in [5.41, 5.74) is 3.65. The number of piperazine rings is 1. The quantitative estimate of drug-likeness (QED) is 0.243. The number of aromatic nitrogens is 2. The molecule has 0 saturated carbocycles. The van der Waals surface area contributed by atoms with Crippen LogP contribution >= 0.6 is 22.9 Å². The maximum Gasteiger partial charge on any atom is 0.151 e. The first-order valence-electron chi connectivity index (χ1n) is 13.0. The summed E-state index contributed by atoms with van der Waals surface area (Å²) in [4.78, 5) is 9.38. The highest BCUT2D eigenvalue weighted by molar-refractivity contribution is 7.21. The highest BCUT2D eigenvalue weighted by Gasteiger charge is 2.21. The lowest BCUT2D eigenvalue weighted by Crippen LogP contribution is -2.48. The lowest BCUT2D eigenvalue weighted by Gasteiger charge is -2.35. The van der Waals surface area contributed by atoms with E-state index < -0.39 is 6.10 Å². The molecule has 1 atom stereocenters. The highest BCUT2D eigenvalue weighted by atomic mass is 35.5. The van der Waals surface area contributed by atoms with Gasteiger partial charge < -0.3 is 14.4 Å². The van der Waals surface area contributed by atoms with Gasteiger partial charge in [-0.2, -0.15) is 0 Å². The molecule has 0 radical (unpaired) electrons. The molecule has 1 saturated heterocycles. The molecule has 0 bridgehead atoms. The first-order chi connectivity index (χ1) is 19.1. The molecule has 3 aromatic carbocycles. The molecule has 0 spiro atoms. The normalized spacial score (nSPS) is 15.5. The molecule has 5 aromatic rings. The van der Waals surface area contributed by atoms with Gasteiger partial charge in [0.05, 0.1) is 21.8 Å². The fourth-order valence-corrected chi connectivity index (χ4v) is 5.96. The van der Waals surface area contributed by atoms with Crippen molar-refractivity contribution < 1.29 is 14.4 Å². The van der Waals surface area contributed by atoms with Gasteiger partial charge in [0.15, 0.2) is 5.76 Å². The van der Waals surface area contributed by atoms with E-state index in [1.807, 2.05) is 66.7 Å². The average Bonchev–Trinajstić information content (AvgIpc) is 3.61. The van der Waals surface area contributed by atoms with Gasteiger partial charge in [0.25, 0.3) is 0 Å². The standard InChI is InChI=1S/C30H29ClN4O3S/c31-26-9-5-4-8-25(26)27-17-24(38-33-27)19-35-14-12-34(13-15-35)18-22(36)20-37-23-10-11-29-28(16-23)32-30(39-29)21-6-2-1-3-7-21/h1-11,16-17,22,36H,12-15,18-20H2. The SMILES string of the molecule is OC(COc1ccc2sc(-c3ccccc3)nc2c1)CN1CCN(Cc2cc(-c3ccccc3Cl)no2)CC1. The molecule has 6 rings (SSSR count). The van der Waals surface area contributed by atoms with Crippen LogP contribution < -0.4 is 4.74 Å². The number of thiazole rings is 1. The molecule has 3 heterocycles. The second kappa shape index (κ2) is 11.9. The van der Waals surface area contributed by atoms with Gasteiger partial charge in [-0.25, -0.2) is 4.98 Å². The van der Waals surface area contributed by atoms with Crippen molar-refractivity contribution in [2.45, 2.75) is 12.6 Å². The van der Waals surface area contributed by atoms with Crippen LogP contribution in [0.15, 0.2) is 83.4 Å². The van der Waals surface area contributed by atoms with E-state index in [0.29, 0.717) is 18.1 Å². The zero-order valence-electron chi connectivity index (χ0n) is 21.4. The van der Waals surface area contributed by atoms with Gasteiger partial charge in [0.1, 0.15) is 29.2 Å². The third-order valence-corrected chi connectivity index (χ3v) is 8.26. The number of halogens is 1. The third kappa shape index (κ3) is 6.32. The molecule has 1 fully saturated rings. The van der Waals surface area contributed by atoms with Crippen LogP contribution in [0.1, 0.15) is 5.76 Å². The van der Waals surface area contributed by atoms with E-state index in [4.69, 9.17) is 25.8 Å². The average molecular weight is 561 g/mol. The summed E-state index contributed by atoms with van der Waals surface area (Å²) in [5.74, 6) is 1.54. The Morgan fingerprint density at radius 1 is 0.949 bits per heavy atom. The third-order valence-electron chi connectivity index (χ3n) is 6.84. The van der Waals surface area contributed by atoms with Crippen LogP contribution in [0.2, 0.25) is 5.02 Å². The number of ether oxygens (including phenoxy) is 1. The van der Waals surface area contributed by atoms with Crippen molar-refractivity contribution in [3.63, 3.8) is 0 Å². The van der Waals surface area contributed by atoms with Crippen molar-refractivity contribution in [2.75, 3.05) is 39.3 Å². The second-order valence-corrected chi connectivity index (χ2v) is 11.2. The van der Waals surface area contributed by atoms with E-state index in [-0.39, 0.29) is 6.61 Å². The molecule has 1 N–H and O–H groups in total. The lowest BCUT2D eigenvalue weighted by atomic mass is 10.1. The van der Waals surface area contributed by atoms with Gasteiger partial charge >= 0.3 is 0 Å². The molecule has 39 heavy (non-hydrogen) atoms. The molecular formula is C30H29ClN4O3S. The van der Waals surface area contributed by atoms with E-state index in [1.54, 1.807) is 11.3 Å². The van der Waals surface area contributed by atoms with Crippen molar-refractivity contribution in [3.05, 3.63) is 89.6 Å². The van der Waals surface area contributed by atoms with Crippen LogP contribution in [0.4, 0.5) is 0 Å². The molecule has 1 aliphatic heterocycles.